The summed E-state index contributed by atoms with van der Waals surface area (Å²) < 4.78 is 16.8. The van der Waals surface area contributed by atoms with Crippen LogP contribution in [0.15, 0.2) is 24.3 Å². The molecule has 1 unspecified atom stereocenters. The van der Waals surface area contributed by atoms with Crippen LogP contribution in [0.25, 0.3) is 0 Å². The molecule has 400 valence electrons. The molecular formula is C62H116O6. The minimum atomic E-state index is -0.763. The summed E-state index contributed by atoms with van der Waals surface area (Å²) in [7, 11) is 0. The Balaban J connectivity index is 4.04. The summed E-state index contributed by atoms with van der Waals surface area (Å²) in [6.45, 7) is 6.65. The molecule has 0 saturated carbocycles. The summed E-state index contributed by atoms with van der Waals surface area (Å²) in [6.07, 6.45) is 67.7. The molecule has 0 bridgehead atoms. The normalized spacial score (nSPS) is 12.1. The summed E-state index contributed by atoms with van der Waals surface area (Å²) in [6, 6.07) is 0. The molecule has 6 nitrogen and oxygen atoms in total. The van der Waals surface area contributed by atoms with Gasteiger partial charge >= 0.3 is 17.9 Å². The van der Waals surface area contributed by atoms with Gasteiger partial charge in [-0.05, 0) is 51.4 Å². The van der Waals surface area contributed by atoms with E-state index in [2.05, 4.69) is 45.1 Å². The Bertz CT molecular complexity index is 1100. The van der Waals surface area contributed by atoms with Gasteiger partial charge in [0.05, 0.1) is 0 Å². The number of rotatable bonds is 56. The lowest BCUT2D eigenvalue weighted by Gasteiger charge is -2.18. The second-order valence-corrected chi connectivity index (χ2v) is 20.6. The first-order chi connectivity index (χ1) is 33.5. The summed E-state index contributed by atoms with van der Waals surface area (Å²) in [5.74, 6) is -0.847. The Hall–Kier alpha value is -2.11. The first-order valence-electron chi connectivity index (χ1n) is 30.3. The van der Waals surface area contributed by atoms with Gasteiger partial charge in [-0.25, -0.2) is 0 Å². The third kappa shape index (κ3) is 54.8. The molecule has 6 heteroatoms. The molecule has 0 aromatic carbocycles. The van der Waals surface area contributed by atoms with Gasteiger partial charge in [0.1, 0.15) is 13.2 Å². The lowest BCUT2D eigenvalue weighted by Crippen LogP contribution is -2.30. The van der Waals surface area contributed by atoms with E-state index in [1.165, 1.54) is 231 Å². The van der Waals surface area contributed by atoms with Crippen molar-refractivity contribution in [3.05, 3.63) is 24.3 Å². The molecule has 0 aliphatic heterocycles. The predicted molar refractivity (Wildman–Crippen MR) is 293 cm³/mol. The maximum absolute atomic E-state index is 12.8. The van der Waals surface area contributed by atoms with Crippen LogP contribution in [0.4, 0.5) is 0 Å². The number of ether oxygens (including phenoxy) is 3. The molecule has 0 aliphatic rings. The summed E-state index contributed by atoms with van der Waals surface area (Å²) in [4.78, 5) is 38.0. The van der Waals surface area contributed by atoms with Gasteiger partial charge in [-0.2, -0.15) is 0 Å². The third-order valence-corrected chi connectivity index (χ3v) is 13.7. The second kappa shape index (κ2) is 57.5. The average Bonchev–Trinajstić information content (AvgIpc) is 3.34. The molecular weight excluding hydrogens is 841 g/mol. The molecule has 0 aromatic rings. The number of hydrogen-bond acceptors (Lipinski definition) is 6. The van der Waals surface area contributed by atoms with Crippen molar-refractivity contribution in [3.8, 4) is 0 Å². The monoisotopic (exact) mass is 957 g/mol. The molecule has 0 fully saturated rings. The minimum Gasteiger partial charge on any atom is -0.462 e. The van der Waals surface area contributed by atoms with Gasteiger partial charge in [-0.15, -0.1) is 0 Å². The number of allylic oxidation sites excluding steroid dienone is 4. The lowest BCUT2D eigenvalue weighted by molar-refractivity contribution is -0.167. The number of esters is 3. The highest BCUT2D eigenvalue weighted by Crippen LogP contribution is 2.17. The van der Waals surface area contributed by atoms with Crippen LogP contribution in [0.1, 0.15) is 335 Å². The summed E-state index contributed by atoms with van der Waals surface area (Å²) in [5.41, 5.74) is 0. The largest absolute Gasteiger partial charge is 0.462 e. The zero-order valence-corrected chi connectivity index (χ0v) is 45.9. The second-order valence-electron chi connectivity index (χ2n) is 20.6. The van der Waals surface area contributed by atoms with Gasteiger partial charge in [0.25, 0.3) is 0 Å². The minimum absolute atomic E-state index is 0.0648. The van der Waals surface area contributed by atoms with Crippen molar-refractivity contribution in [3.63, 3.8) is 0 Å². The van der Waals surface area contributed by atoms with E-state index >= 15 is 0 Å². The molecule has 1 atom stereocenters. The van der Waals surface area contributed by atoms with Crippen molar-refractivity contribution in [2.75, 3.05) is 13.2 Å². The first kappa shape index (κ1) is 65.9. The highest BCUT2D eigenvalue weighted by atomic mass is 16.6. The molecule has 0 aliphatic carbocycles. The predicted octanol–water partition coefficient (Wildman–Crippen LogP) is 20.3. The molecule has 0 aromatic heterocycles. The lowest BCUT2D eigenvalue weighted by atomic mass is 10.0. The molecule has 68 heavy (non-hydrogen) atoms. The van der Waals surface area contributed by atoms with E-state index in [4.69, 9.17) is 14.2 Å². The Kier molecular flexibility index (Phi) is 55.7. The quantitative estimate of drug-likeness (QED) is 0.0262. The molecule has 0 amide bonds. The van der Waals surface area contributed by atoms with E-state index in [-0.39, 0.29) is 31.1 Å². The van der Waals surface area contributed by atoms with E-state index in [1.807, 2.05) is 0 Å². The zero-order chi connectivity index (χ0) is 49.3. The van der Waals surface area contributed by atoms with E-state index in [0.717, 1.165) is 64.2 Å². The Morgan fingerprint density at radius 3 is 0.809 bits per heavy atom. The maximum atomic E-state index is 12.8. The summed E-state index contributed by atoms with van der Waals surface area (Å²) in [5, 5.41) is 0. The Labute approximate surface area is 423 Å². The third-order valence-electron chi connectivity index (χ3n) is 13.7. The Morgan fingerprint density at radius 1 is 0.294 bits per heavy atom. The zero-order valence-electron chi connectivity index (χ0n) is 45.9. The van der Waals surface area contributed by atoms with Crippen LogP contribution in [0.2, 0.25) is 0 Å². The van der Waals surface area contributed by atoms with Crippen LogP contribution in [-0.4, -0.2) is 37.2 Å². The van der Waals surface area contributed by atoms with Crippen LogP contribution < -0.4 is 0 Å². The van der Waals surface area contributed by atoms with Crippen molar-refractivity contribution in [1.29, 1.82) is 0 Å². The van der Waals surface area contributed by atoms with Gasteiger partial charge in [0, 0.05) is 19.3 Å². The number of carbonyl (C=O) groups is 3. The van der Waals surface area contributed by atoms with Crippen molar-refractivity contribution >= 4 is 17.9 Å². The van der Waals surface area contributed by atoms with E-state index in [0.29, 0.717) is 19.3 Å². The summed E-state index contributed by atoms with van der Waals surface area (Å²) >= 11 is 0. The van der Waals surface area contributed by atoms with Crippen molar-refractivity contribution < 1.29 is 28.6 Å². The van der Waals surface area contributed by atoms with Gasteiger partial charge in [0.15, 0.2) is 6.10 Å². The van der Waals surface area contributed by atoms with Crippen LogP contribution in [0.5, 0.6) is 0 Å². The van der Waals surface area contributed by atoms with Crippen LogP contribution >= 0.6 is 0 Å². The van der Waals surface area contributed by atoms with Gasteiger partial charge in [0.2, 0.25) is 0 Å². The molecule has 0 saturated heterocycles. The molecule has 0 radical (unpaired) electrons. The van der Waals surface area contributed by atoms with Crippen LogP contribution in [0, 0.1) is 0 Å². The van der Waals surface area contributed by atoms with Crippen molar-refractivity contribution in [2.24, 2.45) is 0 Å². The first-order valence-corrected chi connectivity index (χ1v) is 30.3. The fourth-order valence-electron chi connectivity index (χ4n) is 9.12. The van der Waals surface area contributed by atoms with Gasteiger partial charge < -0.3 is 14.2 Å². The van der Waals surface area contributed by atoms with Crippen molar-refractivity contribution in [2.45, 2.75) is 341 Å². The standard InChI is InChI=1S/C62H116O6/c1-4-7-10-13-16-19-22-23-24-25-26-27-28-29-30-31-32-33-34-35-36-37-38-39-41-43-46-49-52-55-61(64)67-58-59(57-66-60(63)54-51-48-45-42-21-18-15-12-9-6-3)68-62(65)56-53-50-47-44-40-20-17-14-11-8-5-2/h22-23,25-26,59H,4-21,24,27-58H2,1-3H3/b23-22-,26-25-. The molecule has 0 N–H and O–H groups in total. The fourth-order valence-corrected chi connectivity index (χ4v) is 9.12. The van der Waals surface area contributed by atoms with E-state index in [9.17, 15) is 14.4 Å². The van der Waals surface area contributed by atoms with Crippen molar-refractivity contribution in [1.82, 2.24) is 0 Å². The van der Waals surface area contributed by atoms with E-state index in [1.54, 1.807) is 0 Å². The molecule has 0 rings (SSSR count). The molecule has 0 spiro atoms. The van der Waals surface area contributed by atoms with Crippen LogP contribution in [-0.2, 0) is 28.6 Å². The van der Waals surface area contributed by atoms with E-state index < -0.39 is 6.10 Å². The smallest absolute Gasteiger partial charge is 0.306 e. The van der Waals surface area contributed by atoms with Gasteiger partial charge in [-0.3, -0.25) is 14.4 Å². The number of unbranched alkanes of at least 4 members (excludes halogenated alkanes) is 41. The Morgan fingerprint density at radius 2 is 0.529 bits per heavy atom. The van der Waals surface area contributed by atoms with Gasteiger partial charge in [-0.1, -0.05) is 289 Å². The van der Waals surface area contributed by atoms with Crippen LogP contribution in [0.3, 0.4) is 0 Å². The average molecular weight is 958 g/mol. The molecule has 0 heterocycles. The number of hydrogen-bond donors (Lipinski definition) is 0. The number of carbonyl (C=O) groups excluding carboxylic acids is 3. The topological polar surface area (TPSA) is 78.9 Å². The SMILES string of the molecule is CCCCCCC/C=C\C/C=C\CCCCCCCCCCCCCCCCCCCC(=O)OCC(COC(=O)CCCCCCCCCCCC)OC(=O)CCCCCCCCCCCCC. The highest BCUT2D eigenvalue weighted by Gasteiger charge is 2.19. The maximum Gasteiger partial charge on any atom is 0.306 e. The highest BCUT2D eigenvalue weighted by molar-refractivity contribution is 5.71. The fraction of sp³-hybridized carbons (Fsp3) is 0.887.